The van der Waals surface area contributed by atoms with Crippen molar-refractivity contribution in [1.29, 1.82) is 0 Å². The second-order valence-corrected chi connectivity index (χ2v) is 12.2. The highest BCUT2D eigenvalue weighted by molar-refractivity contribution is 7.89. The van der Waals surface area contributed by atoms with Crippen LogP contribution in [0.4, 0.5) is 0 Å². The first kappa shape index (κ1) is 27.6. The molecule has 0 spiro atoms. The van der Waals surface area contributed by atoms with Crippen LogP contribution >= 0.6 is 11.6 Å². The fraction of sp³-hybridized carbons (Fsp3) is 0.481. The number of nitrogens with one attached hydrogen (secondary N) is 2. The van der Waals surface area contributed by atoms with E-state index in [9.17, 15) is 18.0 Å². The SMILES string of the molecule is Cc1cc(S(=O)(=O)N2CCNC(=O)C2CC(=O)NC2CCCc3cc(CCCN)ccc32)c(C)cc1Cl. The largest absolute Gasteiger partial charge is 0.353 e. The zero-order chi connectivity index (χ0) is 26.7. The van der Waals surface area contributed by atoms with Gasteiger partial charge in [-0.05, 0) is 92.4 Å². The maximum atomic E-state index is 13.6. The van der Waals surface area contributed by atoms with E-state index in [4.69, 9.17) is 17.3 Å². The van der Waals surface area contributed by atoms with E-state index in [1.807, 2.05) is 0 Å². The second kappa shape index (κ2) is 11.5. The number of hydrogen-bond acceptors (Lipinski definition) is 5. The Kier molecular flexibility index (Phi) is 8.58. The normalized spacial score (nSPS) is 20.3. The van der Waals surface area contributed by atoms with Crippen LogP contribution in [0.2, 0.25) is 5.02 Å². The summed E-state index contributed by atoms with van der Waals surface area (Å²) in [5, 5.41) is 6.26. The third-order valence-electron chi connectivity index (χ3n) is 7.23. The summed E-state index contributed by atoms with van der Waals surface area (Å²) in [6.45, 7) is 4.33. The zero-order valence-corrected chi connectivity index (χ0v) is 22.9. The highest BCUT2D eigenvalue weighted by atomic mass is 35.5. The number of carbonyl (C=O) groups is 2. The molecule has 4 N–H and O–H groups in total. The maximum Gasteiger partial charge on any atom is 0.244 e. The molecule has 10 heteroatoms. The van der Waals surface area contributed by atoms with Crippen molar-refractivity contribution in [2.24, 2.45) is 5.73 Å². The van der Waals surface area contributed by atoms with Gasteiger partial charge in [0.2, 0.25) is 21.8 Å². The third-order valence-corrected chi connectivity index (χ3v) is 9.69. The Morgan fingerprint density at radius 2 is 2.00 bits per heavy atom. The number of amides is 2. The third kappa shape index (κ3) is 6.00. The second-order valence-electron chi connectivity index (χ2n) is 9.93. The molecule has 2 aliphatic rings. The van der Waals surface area contributed by atoms with Crippen LogP contribution in [-0.2, 0) is 32.5 Å². The predicted molar refractivity (Wildman–Crippen MR) is 144 cm³/mol. The van der Waals surface area contributed by atoms with E-state index in [1.54, 1.807) is 19.9 Å². The molecule has 1 aliphatic carbocycles. The lowest BCUT2D eigenvalue weighted by atomic mass is 9.86. The zero-order valence-electron chi connectivity index (χ0n) is 21.3. The highest BCUT2D eigenvalue weighted by Gasteiger charge is 2.40. The van der Waals surface area contributed by atoms with Crippen LogP contribution < -0.4 is 16.4 Å². The van der Waals surface area contributed by atoms with Crippen molar-refractivity contribution in [3.63, 3.8) is 0 Å². The van der Waals surface area contributed by atoms with Gasteiger partial charge < -0.3 is 16.4 Å². The van der Waals surface area contributed by atoms with Crippen LogP contribution in [0, 0.1) is 13.8 Å². The van der Waals surface area contributed by atoms with Gasteiger partial charge in [-0.15, -0.1) is 0 Å². The van der Waals surface area contributed by atoms with Crippen LogP contribution in [0.5, 0.6) is 0 Å². The van der Waals surface area contributed by atoms with E-state index >= 15 is 0 Å². The van der Waals surface area contributed by atoms with Crippen LogP contribution in [-0.4, -0.2) is 50.2 Å². The monoisotopic (exact) mass is 546 g/mol. The van der Waals surface area contributed by atoms with E-state index < -0.39 is 22.0 Å². The van der Waals surface area contributed by atoms with E-state index in [-0.39, 0.29) is 36.4 Å². The van der Waals surface area contributed by atoms with Gasteiger partial charge in [-0.3, -0.25) is 9.59 Å². The van der Waals surface area contributed by atoms with Gasteiger partial charge in [0.15, 0.2) is 0 Å². The number of sulfonamides is 1. The van der Waals surface area contributed by atoms with Gasteiger partial charge in [-0.1, -0.05) is 29.8 Å². The summed E-state index contributed by atoms with van der Waals surface area (Å²) in [7, 11) is -4.03. The molecule has 2 aromatic carbocycles. The number of nitrogens with two attached hydrogens (primary N) is 1. The summed E-state index contributed by atoms with van der Waals surface area (Å²) in [6, 6.07) is 8.19. The number of rotatable bonds is 8. The Labute approximate surface area is 224 Å². The van der Waals surface area contributed by atoms with E-state index in [2.05, 4.69) is 28.8 Å². The average molecular weight is 547 g/mol. The first-order chi connectivity index (χ1) is 17.6. The quantitative estimate of drug-likeness (QED) is 0.470. The van der Waals surface area contributed by atoms with Crippen molar-refractivity contribution in [3.05, 3.63) is 63.2 Å². The van der Waals surface area contributed by atoms with Gasteiger partial charge in [0.1, 0.15) is 6.04 Å². The van der Waals surface area contributed by atoms with Gasteiger partial charge in [0.25, 0.3) is 0 Å². The minimum Gasteiger partial charge on any atom is -0.353 e. The highest BCUT2D eigenvalue weighted by Crippen LogP contribution is 2.32. The maximum absolute atomic E-state index is 13.6. The van der Waals surface area contributed by atoms with Crippen molar-refractivity contribution in [2.75, 3.05) is 19.6 Å². The van der Waals surface area contributed by atoms with Crippen LogP contribution in [0.1, 0.15) is 59.5 Å². The molecule has 37 heavy (non-hydrogen) atoms. The molecule has 1 fully saturated rings. The number of benzene rings is 2. The van der Waals surface area contributed by atoms with Crippen molar-refractivity contribution < 1.29 is 18.0 Å². The van der Waals surface area contributed by atoms with Crippen LogP contribution in [0.15, 0.2) is 35.2 Å². The summed E-state index contributed by atoms with van der Waals surface area (Å²) >= 11 is 6.17. The molecule has 1 heterocycles. The lowest BCUT2D eigenvalue weighted by Crippen LogP contribution is -2.58. The molecule has 0 bridgehead atoms. The number of piperazine rings is 1. The lowest BCUT2D eigenvalue weighted by molar-refractivity contribution is -0.132. The van der Waals surface area contributed by atoms with E-state index in [0.717, 1.165) is 42.0 Å². The van der Waals surface area contributed by atoms with E-state index in [0.29, 0.717) is 22.7 Å². The van der Waals surface area contributed by atoms with Crippen LogP contribution in [0.25, 0.3) is 0 Å². The molecule has 4 rings (SSSR count). The summed E-state index contributed by atoms with van der Waals surface area (Å²) in [5.41, 5.74) is 10.3. The predicted octanol–water partition coefficient (Wildman–Crippen LogP) is 2.92. The minimum absolute atomic E-state index is 0.0883. The number of nitrogens with zero attached hydrogens (tertiary/aromatic N) is 1. The Morgan fingerprint density at radius 3 is 2.76 bits per heavy atom. The van der Waals surface area contributed by atoms with Crippen molar-refractivity contribution >= 4 is 33.4 Å². The molecule has 0 saturated carbocycles. The molecular weight excluding hydrogens is 512 g/mol. The smallest absolute Gasteiger partial charge is 0.244 e. The Balaban J connectivity index is 1.52. The first-order valence-electron chi connectivity index (χ1n) is 12.8. The Hall–Kier alpha value is -2.46. The molecule has 2 atom stereocenters. The Morgan fingerprint density at radius 1 is 1.22 bits per heavy atom. The number of hydrogen-bond donors (Lipinski definition) is 3. The first-order valence-corrected chi connectivity index (χ1v) is 14.6. The molecule has 200 valence electrons. The van der Waals surface area contributed by atoms with Gasteiger partial charge in [0, 0.05) is 18.1 Å². The number of halogens is 1. The molecule has 2 amide bonds. The van der Waals surface area contributed by atoms with Crippen molar-refractivity contribution in [2.45, 2.75) is 69.4 Å². The molecule has 1 aliphatic heterocycles. The molecular formula is C27H35ClN4O4S. The van der Waals surface area contributed by atoms with Gasteiger partial charge in [0.05, 0.1) is 17.4 Å². The Bertz CT molecular complexity index is 1300. The number of carbonyl (C=O) groups excluding carboxylic acids is 2. The molecule has 8 nitrogen and oxygen atoms in total. The summed E-state index contributed by atoms with van der Waals surface area (Å²) in [5.74, 6) is -0.821. The topological polar surface area (TPSA) is 122 Å². The summed E-state index contributed by atoms with van der Waals surface area (Å²) < 4.78 is 28.4. The fourth-order valence-corrected chi connectivity index (χ4v) is 7.34. The molecule has 2 aromatic rings. The molecule has 1 saturated heterocycles. The molecule has 2 unspecified atom stereocenters. The minimum atomic E-state index is -4.03. The molecule has 0 radical (unpaired) electrons. The summed E-state index contributed by atoms with van der Waals surface area (Å²) in [6.07, 6.45) is 4.29. The summed E-state index contributed by atoms with van der Waals surface area (Å²) in [4.78, 5) is 26.1. The standard InChI is InChI=1S/C27H35ClN4O4S/c1-17-14-25(18(2)13-22(17)28)37(35,36)32-12-11-30-27(34)24(32)16-26(33)31-23-7-3-6-20-15-19(5-4-10-29)8-9-21(20)23/h8-9,13-15,23-24H,3-7,10-12,16,29H2,1-2H3,(H,30,34)(H,31,33). The molecule has 0 aromatic heterocycles. The van der Waals surface area contributed by atoms with Gasteiger partial charge in [-0.2, -0.15) is 4.31 Å². The van der Waals surface area contributed by atoms with Gasteiger partial charge >= 0.3 is 0 Å². The van der Waals surface area contributed by atoms with Gasteiger partial charge in [-0.25, -0.2) is 8.42 Å². The van der Waals surface area contributed by atoms with Crippen molar-refractivity contribution in [1.82, 2.24) is 14.9 Å². The van der Waals surface area contributed by atoms with E-state index in [1.165, 1.54) is 17.2 Å². The number of aryl methyl sites for hydroxylation is 4. The lowest BCUT2D eigenvalue weighted by Gasteiger charge is -2.34. The van der Waals surface area contributed by atoms with Crippen LogP contribution in [0.3, 0.4) is 0 Å². The average Bonchev–Trinajstić information content (AvgIpc) is 2.86. The van der Waals surface area contributed by atoms with Crippen molar-refractivity contribution in [3.8, 4) is 0 Å². The fourth-order valence-electron chi connectivity index (χ4n) is 5.24. The number of fused-ring (bicyclic) bond motifs is 1.